The zero-order chi connectivity index (χ0) is 13.8. The fourth-order valence-electron chi connectivity index (χ4n) is 5.13. The van der Waals surface area contributed by atoms with Crippen molar-refractivity contribution in [3.63, 3.8) is 0 Å². The van der Waals surface area contributed by atoms with Gasteiger partial charge in [-0.05, 0) is 69.5 Å². The normalized spacial score (nSPS) is 34.6. The number of nitrogens with one attached hydrogen (secondary N) is 1. The molecule has 1 spiro atoms. The Balaban J connectivity index is 1.46. The van der Waals surface area contributed by atoms with Crippen LogP contribution in [0.1, 0.15) is 71.1 Å². The molecule has 1 saturated heterocycles. The molecule has 1 aliphatic heterocycles. The van der Waals surface area contributed by atoms with E-state index in [4.69, 9.17) is 0 Å². The highest BCUT2D eigenvalue weighted by Crippen LogP contribution is 2.44. The Morgan fingerprint density at radius 3 is 2.40 bits per heavy atom. The lowest BCUT2D eigenvalue weighted by Crippen LogP contribution is -2.45. The largest absolute Gasteiger partial charge is 0.314 e. The predicted octanol–water partition coefficient (Wildman–Crippen LogP) is 3.81. The lowest BCUT2D eigenvalue weighted by molar-refractivity contribution is 0.0579. The van der Waals surface area contributed by atoms with E-state index in [-0.39, 0.29) is 0 Å². The number of piperidine rings is 1. The highest BCUT2D eigenvalue weighted by atomic mass is 15.1. The van der Waals surface area contributed by atoms with E-state index in [1.165, 1.54) is 83.8 Å². The molecule has 0 aromatic rings. The number of rotatable bonds is 4. The van der Waals surface area contributed by atoms with Crippen molar-refractivity contribution in [2.45, 2.75) is 77.2 Å². The third kappa shape index (κ3) is 3.39. The van der Waals surface area contributed by atoms with Gasteiger partial charge in [-0.3, -0.25) is 0 Å². The lowest BCUT2D eigenvalue weighted by Gasteiger charge is -2.45. The molecule has 3 fully saturated rings. The summed E-state index contributed by atoms with van der Waals surface area (Å²) < 4.78 is 0. The van der Waals surface area contributed by atoms with Crippen LogP contribution in [0.5, 0.6) is 0 Å². The molecule has 20 heavy (non-hydrogen) atoms. The minimum absolute atomic E-state index is 0.769. The Hall–Kier alpha value is -0.0800. The molecular formula is C18H34N2. The summed E-state index contributed by atoms with van der Waals surface area (Å²) in [6.07, 6.45) is 14.9. The summed E-state index contributed by atoms with van der Waals surface area (Å²) in [6.45, 7) is 7.53. The molecule has 3 rings (SSSR count). The van der Waals surface area contributed by atoms with Gasteiger partial charge >= 0.3 is 0 Å². The average molecular weight is 278 g/mol. The van der Waals surface area contributed by atoms with Crippen LogP contribution in [0.4, 0.5) is 0 Å². The second-order valence-corrected chi connectivity index (χ2v) is 7.72. The summed E-state index contributed by atoms with van der Waals surface area (Å²) in [6, 6.07) is 0.811. The Morgan fingerprint density at radius 1 is 0.950 bits per heavy atom. The van der Waals surface area contributed by atoms with Crippen molar-refractivity contribution in [2.75, 3.05) is 26.2 Å². The van der Waals surface area contributed by atoms with Gasteiger partial charge in [0.25, 0.3) is 0 Å². The maximum absolute atomic E-state index is 3.71. The molecule has 0 bridgehead atoms. The highest BCUT2D eigenvalue weighted by Gasteiger charge is 2.36. The van der Waals surface area contributed by atoms with E-state index in [9.17, 15) is 0 Å². The van der Waals surface area contributed by atoms with Gasteiger partial charge in [-0.2, -0.15) is 0 Å². The Morgan fingerprint density at radius 2 is 1.70 bits per heavy atom. The van der Waals surface area contributed by atoms with Gasteiger partial charge in [0.2, 0.25) is 0 Å². The minimum atomic E-state index is 0.769. The van der Waals surface area contributed by atoms with Crippen molar-refractivity contribution < 1.29 is 0 Å². The smallest absolute Gasteiger partial charge is 0.0107 e. The first-order chi connectivity index (χ1) is 9.81. The average Bonchev–Trinajstić information content (AvgIpc) is 2.90. The van der Waals surface area contributed by atoms with Crippen LogP contribution >= 0.6 is 0 Å². The van der Waals surface area contributed by atoms with Gasteiger partial charge in [-0.25, -0.2) is 0 Å². The van der Waals surface area contributed by atoms with E-state index < -0.39 is 0 Å². The zero-order valence-electron chi connectivity index (χ0n) is 13.5. The molecule has 2 heteroatoms. The molecule has 116 valence electrons. The highest BCUT2D eigenvalue weighted by molar-refractivity contribution is 4.91. The minimum Gasteiger partial charge on any atom is -0.314 e. The quantitative estimate of drug-likeness (QED) is 0.841. The van der Waals surface area contributed by atoms with Crippen molar-refractivity contribution in [1.29, 1.82) is 0 Å². The SMILES string of the molecule is CCNC1CCCC1CN1CCC2(CCCCC2)CC1. The third-order valence-corrected chi connectivity index (χ3v) is 6.45. The van der Waals surface area contributed by atoms with Crippen molar-refractivity contribution >= 4 is 0 Å². The van der Waals surface area contributed by atoms with Crippen LogP contribution in [0.2, 0.25) is 0 Å². The fraction of sp³-hybridized carbons (Fsp3) is 1.00. The van der Waals surface area contributed by atoms with Gasteiger partial charge < -0.3 is 10.2 Å². The summed E-state index contributed by atoms with van der Waals surface area (Å²) >= 11 is 0. The van der Waals surface area contributed by atoms with Crippen LogP contribution in [-0.2, 0) is 0 Å². The Bertz CT molecular complexity index is 286. The van der Waals surface area contributed by atoms with E-state index in [0.29, 0.717) is 0 Å². The molecule has 2 atom stereocenters. The standard InChI is InChI=1S/C18H34N2/c1-2-19-17-8-6-7-16(17)15-20-13-11-18(12-14-20)9-4-3-5-10-18/h16-17,19H,2-15H2,1H3. The molecular weight excluding hydrogens is 244 g/mol. The number of hydrogen-bond acceptors (Lipinski definition) is 2. The van der Waals surface area contributed by atoms with E-state index in [1.54, 1.807) is 0 Å². The van der Waals surface area contributed by atoms with E-state index in [1.807, 2.05) is 0 Å². The molecule has 2 unspecified atom stereocenters. The van der Waals surface area contributed by atoms with Gasteiger partial charge in [0, 0.05) is 12.6 Å². The van der Waals surface area contributed by atoms with Gasteiger partial charge in [0.15, 0.2) is 0 Å². The second kappa shape index (κ2) is 6.79. The van der Waals surface area contributed by atoms with Crippen molar-refractivity contribution in [2.24, 2.45) is 11.3 Å². The molecule has 0 amide bonds. The van der Waals surface area contributed by atoms with Gasteiger partial charge in [-0.15, -0.1) is 0 Å². The molecule has 2 aliphatic carbocycles. The van der Waals surface area contributed by atoms with Crippen LogP contribution in [0.15, 0.2) is 0 Å². The molecule has 0 radical (unpaired) electrons. The molecule has 1 heterocycles. The predicted molar refractivity (Wildman–Crippen MR) is 86.0 cm³/mol. The van der Waals surface area contributed by atoms with Crippen molar-refractivity contribution in [3.8, 4) is 0 Å². The first-order valence-corrected chi connectivity index (χ1v) is 9.27. The Kier molecular flexibility index (Phi) is 5.04. The van der Waals surface area contributed by atoms with E-state index >= 15 is 0 Å². The van der Waals surface area contributed by atoms with Crippen LogP contribution in [0.25, 0.3) is 0 Å². The monoisotopic (exact) mass is 278 g/mol. The van der Waals surface area contributed by atoms with Crippen molar-refractivity contribution in [3.05, 3.63) is 0 Å². The number of likely N-dealkylation sites (tertiary alicyclic amines) is 1. The zero-order valence-corrected chi connectivity index (χ0v) is 13.5. The summed E-state index contributed by atoms with van der Waals surface area (Å²) in [5, 5.41) is 3.71. The van der Waals surface area contributed by atoms with Crippen LogP contribution in [0, 0.1) is 11.3 Å². The summed E-state index contributed by atoms with van der Waals surface area (Å²) in [5.41, 5.74) is 0.769. The van der Waals surface area contributed by atoms with Gasteiger partial charge in [0.05, 0.1) is 0 Å². The Labute approximate surface area is 125 Å². The summed E-state index contributed by atoms with van der Waals surface area (Å²) in [7, 11) is 0. The van der Waals surface area contributed by atoms with E-state index in [2.05, 4.69) is 17.1 Å². The fourth-order valence-corrected chi connectivity index (χ4v) is 5.13. The maximum Gasteiger partial charge on any atom is 0.0107 e. The molecule has 2 nitrogen and oxygen atoms in total. The van der Waals surface area contributed by atoms with Gasteiger partial charge in [0.1, 0.15) is 0 Å². The van der Waals surface area contributed by atoms with Gasteiger partial charge in [-0.1, -0.05) is 32.6 Å². The first-order valence-electron chi connectivity index (χ1n) is 9.27. The molecule has 1 N–H and O–H groups in total. The lowest BCUT2D eigenvalue weighted by atomic mass is 9.68. The summed E-state index contributed by atoms with van der Waals surface area (Å²) in [5.74, 6) is 0.926. The van der Waals surface area contributed by atoms with Crippen molar-refractivity contribution in [1.82, 2.24) is 10.2 Å². The van der Waals surface area contributed by atoms with E-state index in [0.717, 1.165) is 23.9 Å². The van der Waals surface area contributed by atoms with Crippen LogP contribution in [0.3, 0.4) is 0 Å². The molecule has 2 saturated carbocycles. The maximum atomic E-state index is 3.71. The molecule has 3 aliphatic rings. The number of nitrogens with zero attached hydrogens (tertiary/aromatic N) is 1. The topological polar surface area (TPSA) is 15.3 Å². The molecule has 0 aromatic carbocycles. The first kappa shape index (κ1) is 14.8. The van der Waals surface area contributed by atoms with Crippen LogP contribution in [-0.4, -0.2) is 37.1 Å². The number of hydrogen-bond donors (Lipinski definition) is 1. The second-order valence-electron chi connectivity index (χ2n) is 7.72. The van der Waals surface area contributed by atoms with Crippen LogP contribution < -0.4 is 5.32 Å². The molecule has 0 aromatic heterocycles. The third-order valence-electron chi connectivity index (χ3n) is 6.45. The summed E-state index contributed by atoms with van der Waals surface area (Å²) in [4.78, 5) is 2.79.